The Morgan fingerprint density at radius 3 is 2.52 bits per heavy atom. The van der Waals surface area contributed by atoms with Crippen LogP contribution in [0.1, 0.15) is 31.1 Å². The van der Waals surface area contributed by atoms with Crippen LogP contribution in [-0.4, -0.2) is 58.3 Å². The van der Waals surface area contributed by atoms with Crippen molar-refractivity contribution in [1.82, 2.24) is 5.32 Å². The van der Waals surface area contributed by atoms with E-state index in [2.05, 4.69) is 5.32 Å². The van der Waals surface area contributed by atoms with Gasteiger partial charge in [-0.15, -0.1) is 0 Å². The summed E-state index contributed by atoms with van der Waals surface area (Å²) in [6, 6.07) is 12.7. The van der Waals surface area contributed by atoms with Crippen LogP contribution in [0.2, 0.25) is 0 Å². The summed E-state index contributed by atoms with van der Waals surface area (Å²) in [5.41, 5.74) is 0.611. The van der Waals surface area contributed by atoms with E-state index in [0.29, 0.717) is 24.3 Å². The summed E-state index contributed by atoms with van der Waals surface area (Å²) in [7, 11) is -0.768. The second-order valence-electron chi connectivity index (χ2n) is 8.43. The number of nitrogens with zero attached hydrogens (tertiary/aromatic N) is 1. The molecule has 180 valence electrons. The highest BCUT2D eigenvalue weighted by molar-refractivity contribution is 7.92. The van der Waals surface area contributed by atoms with E-state index in [1.165, 1.54) is 26.3 Å². The third kappa shape index (κ3) is 5.51. The Bertz CT molecular complexity index is 1100. The largest absolute Gasteiger partial charge is 0.495 e. The van der Waals surface area contributed by atoms with Gasteiger partial charge < -0.3 is 24.6 Å². The molecule has 9 nitrogen and oxygen atoms in total. The van der Waals surface area contributed by atoms with Crippen molar-refractivity contribution >= 4 is 21.8 Å². The molecular weight excluding hydrogens is 448 g/mol. The first kappa shape index (κ1) is 24.7. The van der Waals surface area contributed by atoms with Gasteiger partial charge in [0.1, 0.15) is 23.2 Å². The summed E-state index contributed by atoms with van der Waals surface area (Å²) in [5.74, 6) is 0.522. The van der Waals surface area contributed by atoms with E-state index in [-0.39, 0.29) is 11.4 Å². The maximum atomic E-state index is 12.5. The van der Waals surface area contributed by atoms with Gasteiger partial charge in [-0.25, -0.2) is 13.2 Å². The highest BCUT2D eigenvalue weighted by atomic mass is 32.2. The maximum absolute atomic E-state index is 12.5. The number of carbonyl (C=O) groups is 1. The number of aliphatic hydroxyl groups excluding tert-OH is 1. The third-order valence-corrected chi connectivity index (χ3v) is 6.78. The summed E-state index contributed by atoms with van der Waals surface area (Å²) in [6.45, 7) is 3.68. The van der Waals surface area contributed by atoms with E-state index in [0.717, 1.165) is 16.1 Å². The number of fused-ring (bicyclic) bond motifs is 1. The van der Waals surface area contributed by atoms with Crippen LogP contribution in [0.4, 0.5) is 10.5 Å². The van der Waals surface area contributed by atoms with Gasteiger partial charge in [0.25, 0.3) is 0 Å². The number of hydrogen-bond donors (Lipinski definition) is 2. The number of amides is 1. The number of alkyl carbamates (subject to hydrolysis) is 1. The lowest BCUT2D eigenvalue weighted by Gasteiger charge is -2.41. The van der Waals surface area contributed by atoms with E-state index in [9.17, 15) is 18.3 Å². The molecule has 0 bridgehead atoms. The standard InChI is InChI=1S/C23H30N2O7S/c1-23(2)21(26)20(31-22(27)24-12-11-15-9-7-6-8-10-15)16-13-19(30-4)17(14-18(16)32-23)25(3)33(5,28)29/h6-10,13-14,20-21,26H,11-12H2,1-5H3,(H,24,27)/t20-,21+/m0/s1. The molecule has 1 aliphatic heterocycles. The van der Waals surface area contributed by atoms with Gasteiger partial charge in [-0.05, 0) is 31.9 Å². The number of nitrogens with one attached hydrogen (secondary N) is 1. The Balaban J connectivity index is 1.86. The van der Waals surface area contributed by atoms with Crippen LogP contribution in [0.5, 0.6) is 11.5 Å². The van der Waals surface area contributed by atoms with Crippen molar-refractivity contribution in [2.75, 3.05) is 31.3 Å². The van der Waals surface area contributed by atoms with Gasteiger partial charge in [0.2, 0.25) is 10.0 Å². The van der Waals surface area contributed by atoms with E-state index in [1.807, 2.05) is 30.3 Å². The first-order chi connectivity index (χ1) is 15.4. The fraction of sp³-hybridized carbons (Fsp3) is 0.435. The Labute approximate surface area is 194 Å². The zero-order chi connectivity index (χ0) is 24.4. The van der Waals surface area contributed by atoms with Crippen molar-refractivity contribution in [2.24, 2.45) is 0 Å². The molecular formula is C23H30N2O7S. The van der Waals surface area contributed by atoms with Gasteiger partial charge in [0.05, 0.1) is 19.1 Å². The molecule has 0 saturated heterocycles. The zero-order valence-corrected chi connectivity index (χ0v) is 20.2. The van der Waals surface area contributed by atoms with Gasteiger partial charge >= 0.3 is 6.09 Å². The number of benzene rings is 2. The molecule has 2 N–H and O–H groups in total. The van der Waals surface area contributed by atoms with Crippen LogP contribution in [-0.2, 0) is 21.2 Å². The molecule has 1 amide bonds. The minimum absolute atomic E-state index is 0.232. The van der Waals surface area contributed by atoms with Crippen molar-refractivity contribution in [1.29, 1.82) is 0 Å². The summed E-state index contributed by atoms with van der Waals surface area (Å²) in [6.07, 6.45) is -1.20. The van der Waals surface area contributed by atoms with Crippen LogP contribution in [0.3, 0.4) is 0 Å². The third-order valence-electron chi connectivity index (χ3n) is 5.59. The highest BCUT2D eigenvalue weighted by Crippen LogP contribution is 2.46. The number of ether oxygens (including phenoxy) is 3. The fourth-order valence-electron chi connectivity index (χ4n) is 3.58. The topological polar surface area (TPSA) is 114 Å². The molecule has 0 unspecified atom stereocenters. The van der Waals surface area contributed by atoms with E-state index in [1.54, 1.807) is 13.8 Å². The second-order valence-corrected chi connectivity index (χ2v) is 10.4. The molecule has 0 radical (unpaired) electrons. The lowest BCUT2D eigenvalue weighted by molar-refractivity contribution is -0.113. The van der Waals surface area contributed by atoms with Gasteiger partial charge in [-0.1, -0.05) is 30.3 Å². The molecule has 0 aliphatic carbocycles. The summed E-state index contributed by atoms with van der Waals surface area (Å²) in [4.78, 5) is 12.5. The Hall–Kier alpha value is -2.98. The molecule has 0 spiro atoms. The van der Waals surface area contributed by atoms with Crippen molar-refractivity contribution in [3.63, 3.8) is 0 Å². The molecule has 0 fully saturated rings. The van der Waals surface area contributed by atoms with Crippen LogP contribution in [0.25, 0.3) is 0 Å². The van der Waals surface area contributed by atoms with E-state index < -0.39 is 33.9 Å². The van der Waals surface area contributed by atoms with Crippen LogP contribution in [0, 0.1) is 0 Å². The number of methoxy groups -OCH3 is 1. The van der Waals surface area contributed by atoms with Crippen LogP contribution >= 0.6 is 0 Å². The number of aliphatic hydroxyl groups is 1. The SMILES string of the molecule is COc1cc2c(cc1N(C)S(C)(=O)=O)OC(C)(C)[C@H](O)[C@H]2OC(=O)NCCc1ccccc1. The maximum Gasteiger partial charge on any atom is 0.407 e. The lowest BCUT2D eigenvalue weighted by atomic mass is 9.88. The van der Waals surface area contributed by atoms with Crippen molar-refractivity contribution in [2.45, 2.75) is 38.1 Å². The molecule has 0 aromatic heterocycles. The fourth-order valence-corrected chi connectivity index (χ4v) is 4.08. The molecule has 1 aliphatic rings. The Morgan fingerprint density at radius 2 is 1.91 bits per heavy atom. The molecule has 1 heterocycles. The lowest BCUT2D eigenvalue weighted by Crippen LogP contribution is -2.50. The summed E-state index contributed by atoms with van der Waals surface area (Å²) < 4.78 is 42.1. The predicted molar refractivity (Wildman–Crippen MR) is 124 cm³/mol. The minimum atomic E-state index is -3.57. The average molecular weight is 479 g/mol. The van der Waals surface area contributed by atoms with Gasteiger partial charge in [-0.3, -0.25) is 4.31 Å². The number of rotatable bonds is 7. The molecule has 3 rings (SSSR count). The smallest absolute Gasteiger partial charge is 0.407 e. The molecule has 2 atom stereocenters. The summed E-state index contributed by atoms with van der Waals surface area (Å²) >= 11 is 0. The predicted octanol–water partition coefficient (Wildman–Crippen LogP) is 2.63. The van der Waals surface area contributed by atoms with Crippen molar-refractivity contribution in [3.8, 4) is 11.5 Å². The van der Waals surface area contributed by atoms with Gasteiger partial charge in [0, 0.05) is 25.2 Å². The van der Waals surface area contributed by atoms with Crippen molar-refractivity contribution < 1.29 is 32.5 Å². The molecule has 2 aromatic rings. The zero-order valence-electron chi connectivity index (χ0n) is 19.4. The first-order valence-electron chi connectivity index (χ1n) is 10.5. The normalized spacial score (nSPS) is 19.1. The number of sulfonamides is 1. The summed E-state index contributed by atoms with van der Waals surface area (Å²) in [5, 5.41) is 13.6. The quantitative estimate of drug-likeness (QED) is 0.629. The average Bonchev–Trinajstić information content (AvgIpc) is 2.75. The van der Waals surface area contributed by atoms with Gasteiger partial charge in [0.15, 0.2) is 6.10 Å². The molecule has 10 heteroatoms. The van der Waals surface area contributed by atoms with E-state index in [4.69, 9.17) is 14.2 Å². The first-order valence-corrected chi connectivity index (χ1v) is 12.3. The van der Waals surface area contributed by atoms with Crippen LogP contribution in [0.15, 0.2) is 42.5 Å². The molecule has 33 heavy (non-hydrogen) atoms. The van der Waals surface area contributed by atoms with Crippen LogP contribution < -0.4 is 19.1 Å². The monoisotopic (exact) mass is 478 g/mol. The van der Waals surface area contributed by atoms with Gasteiger partial charge in [-0.2, -0.15) is 0 Å². The van der Waals surface area contributed by atoms with Crippen molar-refractivity contribution in [3.05, 3.63) is 53.6 Å². The Kier molecular flexibility index (Phi) is 7.08. The van der Waals surface area contributed by atoms with E-state index >= 15 is 0 Å². The number of anilines is 1. The highest BCUT2D eigenvalue weighted by Gasteiger charge is 2.46. The Morgan fingerprint density at radius 1 is 1.24 bits per heavy atom. The second kappa shape index (κ2) is 9.48. The number of carbonyl (C=O) groups excluding carboxylic acids is 1. The minimum Gasteiger partial charge on any atom is -0.495 e. The molecule has 2 aromatic carbocycles. The molecule has 0 saturated carbocycles. The number of hydrogen-bond acceptors (Lipinski definition) is 7.